The molecule has 0 unspecified atom stereocenters. The largest absolute Gasteiger partial charge is 0.490 e. The zero-order valence-corrected chi connectivity index (χ0v) is 16.6. The molecule has 24 heavy (non-hydrogen) atoms. The van der Waals surface area contributed by atoms with Gasteiger partial charge in [0.1, 0.15) is 0 Å². The Hall–Kier alpha value is -1.32. The third-order valence-corrected chi connectivity index (χ3v) is 3.03. The molecular weight excluding hydrogens is 431 g/mol. The van der Waals surface area contributed by atoms with Crippen molar-refractivity contribution in [3.63, 3.8) is 0 Å². The summed E-state index contributed by atoms with van der Waals surface area (Å²) in [6.07, 6.45) is 2.17. The van der Waals surface area contributed by atoms with Crippen molar-refractivity contribution in [2.75, 3.05) is 20.2 Å². The van der Waals surface area contributed by atoms with Crippen molar-refractivity contribution in [1.29, 1.82) is 0 Å². The van der Waals surface area contributed by atoms with Crippen molar-refractivity contribution in [2.45, 2.75) is 39.8 Å². The second-order valence-corrected chi connectivity index (χ2v) is 4.80. The molecule has 0 bridgehead atoms. The summed E-state index contributed by atoms with van der Waals surface area (Å²) in [6.45, 7) is 2.76. The van der Waals surface area contributed by atoms with Crippen LogP contribution in [0, 0.1) is 0 Å². The lowest BCUT2D eigenvalue weighted by Gasteiger charge is -2.14. The van der Waals surface area contributed by atoms with Gasteiger partial charge < -0.3 is 20.1 Å². The third kappa shape index (κ3) is 8.51. The maximum Gasteiger partial charge on any atom is 0.387 e. The number of nitrogens with zero attached hydrogens (tertiary/aromatic N) is 1. The maximum absolute atomic E-state index is 12.4. The fraction of sp³-hybridized carbons (Fsp3) is 0.562. The Morgan fingerprint density at radius 3 is 2.54 bits per heavy atom. The molecule has 0 fully saturated rings. The average molecular weight is 457 g/mol. The Labute approximate surface area is 159 Å². The SMILES string of the molecule is CCCCNC(=NC)NCc1ccc(OC(F)F)c(OCC)c1.I. The van der Waals surface area contributed by atoms with Crippen LogP contribution in [-0.4, -0.2) is 32.8 Å². The molecule has 1 aromatic rings. The highest BCUT2D eigenvalue weighted by Gasteiger charge is 2.11. The minimum absolute atomic E-state index is 0. The van der Waals surface area contributed by atoms with E-state index in [-0.39, 0.29) is 29.7 Å². The van der Waals surface area contributed by atoms with E-state index < -0.39 is 6.61 Å². The van der Waals surface area contributed by atoms with Crippen molar-refractivity contribution in [2.24, 2.45) is 4.99 Å². The van der Waals surface area contributed by atoms with E-state index >= 15 is 0 Å². The number of hydrogen-bond acceptors (Lipinski definition) is 3. The van der Waals surface area contributed by atoms with Crippen molar-refractivity contribution in [1.82, 2.24) is 10.6 Å². The predicted molar refractivity (Wildman–Crippen MR) is 103 cm³/mol. The number of guanidine groups is 1. The molecule has 0 atom stereocenters. The lowest BCUT2D eigenvalue weighted by atomic mass is 10.2. The van der Waals surface area contributed by atoms with Crippen LogP contribution < -0.4 is 20.1 Å². The standard InChI is InChI=1S/C16H25F2N3O2.HI/c1-4-6-9-20-16(19-3)21-11-12-7-8-13(23-15(17)18)14(10-12)22-5-2;/h7-8,10,15H,4-6,9,11H2,1-3H3,(H2,19,20,21);1H. The monoisotopic (exact) mass is 457 g/mol. The van der Waals surface area contributed by atoms with Gasteiger partial charge in [0.25, 0.3) is 0 Å². The normalized spacial score (nSPS) is 11.0. The average Bonchev–Trinajstić information content (AvgIpc) is 2.52. The number of rotatable bonds is 9. The fourth-order valence-corrected chi connectivity index (χ4v) is 1.91. The van der Waals surface area contributed by atoms with Crippen molar-refractivity contribution in [3.05, 3.63) is 23.8 Å². The van der Waals surface area contributed by atoms with Crippen LogP contribution in [0.2, 0.25) is 0 Å². The van der Waals surface area contributed by atoms with Gasteiger partial charge in [-0.3, -0.25) is 4.99 Å². The third-order valence-electron chi connectivity index (χ3n) is 3.03. The lowest BCUT2D eigenvalue weighted by molar-refractivity contribution is -0.0514. The van der Waals surface area contributed by atoms with E-state index in [1.165, 1.54) is 6.07 Å². The molecule has 5 nitrogen and oxygen atoms in total. The van der Waals surface area contributed by atoms with Crippen molar-refractivity contribution >= 4 is 29.9 Å². The van der Waals surface area contributed by atoms with Gasteiger partial charge in [-0.05, 0) is 31.0 Å². The van der Waals surface area contributed by atoms with Crippen molar-refractivity contribution < 1.29 is 18.3 Å². The quantitative estimate of drug-likeness (QED) is 0.257. The van der Waals surface area contributed by atoms with Gasteiger partial charge in [-0.15, -0.1) is 24.0 Å². The molecule has 1 rings (SSSR count). The van der Waals surface area contributed by atoms with E-state index in [2.05, 4.69) is 27.3 Å². The van der Waals surface area contributed by atoms with Gasteiger partial charge in [-0.1, -0.05) is 19.4 Å². The summed E-state index contributed by atoms with van der Waals surface area (Å²) in [4.78, 5) is 4.13. The van der Waals surface area contributed by atoms with Crippen LogP contribution in [0.1, 0.15) is 32.3 Å². The molecule has 1 aromatic carbocycles. The Morgan fingerprint density at radius 1 is 1.21 bits per heavy atom. The highest BCUT2D eigenvalue weighted by atomic mass is 127. The number of benzene rings is 1. The van der Waals surface area contributed by atoms with Gasteiger partial charge in [0.05, 0.1) is 6.61 Å². The summed E-state index contributed by atoms with van der Waals surface area (Å²) < 4.78 is 34.6. The molecular formula is C16H26F2IN3O2. The van der Waals surface area contributed by atoms with Gasteiger partial charge in [0.15, 0.2) is 17.5 Å². The molecule has 0 saturated carbocycles. The van der Waals surface area contributed by atoms with E-state index in [4.69, 9.17) is 4.74 Å². The predicted octanol–water partition coefficient (Wildman–Crippen LogP) is 3.77. The molecule has 2 N–H and O–H groups in total. The summed E-state index contributed by atoms with van der Waals surface area (Å²) in [5, 5.41) is 6.37. The van der Waals surface area contributed by atoms with E-state index in [1.54, 1.807) is 26.1 Å². The highest BCUT2D eigenvalue weighted by Crippen LogP contribution is 2.29. The highest BCUT2D eigenvalue weighted by molar-refractivity contribution is 14.0. The number of unbranched alkanes of at least 4 members (excludes halogenated alkanes) is 1. The molecule has 0 saturated heterocycles. The van der Waals surface area contributed by atoms with Crippen LogP contribution in [0.5, 0.6) is 11.5 Å². The Morgan fingerprint density at radius 2 is 1.96 bits per heavy atom. The van der Waals surface area contributed by atoms with Crippen LogP contribution >= 0.6 is 24.0 Å². The topological polar surface area (TPSA) is 54.9 Å². The zero-order chi connectivity index (χ0) is 17.1. The van der Waals surface area contributed by atoms with Gasteiger partial charge in [0, 0.05) is 20.1 Å². The van der Waals surface area contributed by atoms with Crippen LogP contribution in [0.25, 0.3) is 0 Å². The van der Waals surface area contributed by atoms with Gasteiger partial charge in [0.2, 0.25) is 0 Å². The summed E-state index contributed by atoms with van der Waals surface area (Å²) in [7, 11) is 1.70. The molecule has 0 aliphatic heterocycles. The number of ether oxygens (including phenoxy) is 2. The number of alkyl halides is 2. The second-order valence-electron chi connectivity index (χ2n) is 4.80. The van der Waals surface area contributed by atoms with Crippen LogP contribution in [-0.2, 0) is 6.54 Å². The fourth-order valence-electron chi connectivity index (χ4n) is 1.91. The molecule has 0 aliphatic carbocycles. The molecule has 0 heterocycles. The van der Waals surface area contributed by atoms with Crippen LogP contribution in [0.15, 0.2) is 23.2 Å². The van der Waals surface area contributed by atoms with Gasteiger partial charge in [-0.25, -0.2) is 0 Å². The first-order valence-corrected chi connectivity index (χ1v) is 7.75. The second kappa shape index (κ2) is 13.0. The van der Waals surface area contributed by atoms with E-state index in [1.807, 2.05) is 0 Å². The molecule has 0 radical (unpaired) electrons. The lowest BCUT2D eigenvalue weighted by Crippen LogP contribution is -2.37. The van der Waals surface area contributed by atoms with Crippen LogP contribution in [0.3, 0.4) is 0 Å². The summed E-state index contributed by atoms with van der Waals surface area (Å²) in [5.41, 5.74) is 0.883. The molecule has 0 amide bonds. The summed E-state index contributed by atoms with van der Waals surface area (Å²) in [5.74, 6) is 1.04. The number of hydrogen-bond donors (Lipinski definition) is 2. The first-order valence-electron chi connectivity index (χ1n) is 7.75. The number of aliphatic imine (C=N–C) groups is 1. The Bertz CT molecular complexity index is 502. The van der Waals surface area contributed by atoms with Gasteiger partial charge >= 0.3 is 6.61 Å². The zero-order valence-electron chi connectivity index (χ0n) is 14.3. The molecule has 0 aliphatic rings. The van der Waals surface area contributed by atoms with Gasteiger partial charge in [-0.2, -0.15) is 8.78 Å². The molecule has 0 spiro atoms. The van der Waals surface area contributed by atoms with Crippen molar-refractivity contribution in [3.8, 4) is 11.5 Å². The molecule has 0 aromatic heterocycles. The van der Waals surface area contributed by atoms with E-state index in [9.17, 15) is 8.78 Å². The minimum atomic E-state index is -2.88. The first kappa shape index (κ1) is 22.7. The Kier molecular flexibility index (Phi) is 12.3. The smallest absolute Gasteiger partial charge is 0.387 e. The number of halogens is 3. The van der Waals surface area contributed by atoms with E-state index in [0.29, 0.717) is 24.9 Å². The number of nitrogens with one attached hydrogen (secondary N) is 2. The summed E-state index contributed by atoms with van der Waals surface area (Å²) in [6, 6.07) is 4.89. The minimum Gasteiger partial charge on any atom is -0.490 e. The van der Waals surface area contributed by atoms with E-state index in [0.717, 1.165) is 24.9 Å². The first-order chi connectivity index (χ1) is 11.1. The molecule has 138 valence electrons. The van der Waals surface area contributed by atoms with Crippen LogP contribution in [0.4, 0.5) is 8.78 Å². The summed E-state index contributed by atoms with van der Waals surface area (Å²) >= 11 is 0. The maximum atomic E-state index is 12.4. The Balaban J connectivity index is 0.00000529. The molecule has 8 heteroatoms.